The molecule has 0 aliphatic carbocycles. The number of halogens is 1. The van der Waals surface area contributed by atoms with E-state index < -0.39 is 0 Å². The number of aromatic nitrogens is 2. The van der Waals surface area contributed by atoms with E-state index >= 15 is 0 Å². The van der Waals surface area contributed by atoms with Crippen molar-refractivity contribution in [3.63, 3.8) is 0 Å². The van der Waals surface area contributed by atoms with Gasteiger partial charge < -0.3 is 9.80 Å². The zero-order chi connectivity index (χ0) is 17.8. The maximum Gasteiger partial charge on any atom is 0.227 e. The molecule has 1 fully saturated rings. The summed E-state index contributed by atoms with van der Waals surface area (Å²) in [5.41, 5.74) is 1.77. The minimum absolute atomic E-state index is 0.0377. The molecular formula is C19H23FN4O. The van der Waals surface area contributed by atoms with Gasteiger partial charge in [-0.2, -0.15) is 0 Å². The smallest absolute Gasteiger partial charge is 0.227 e. The Kier molecular flexibility index (Phi) is 5.38. The van der Waals surface area contributed by atoms with Gasteiger partial charge in [-0.1, -0.05) is 12.1 Å². The lowest BCUT2D eigenvalue weighted by molar-refractivity contribution is -0.131. The molecule has 25 heavy (non-hydrogen) atoms. The van der Waals surface area contributed by atoms with Crippen molar-refractivity contribution in [2.45, 2.75) is 31.8 Å². The fraction of sp³-hybridized carbons (Fsp3) is 0.421. The van der Waals surface area contributed by atoms with Gasteiger partial charge in [-0.15, -0.1) is 0 Å². The van der Waals surface area contributed by atoms with Gasteiger partial charge in [0.15, 0.2) is 5.82 Å². The highest BCUT2D eigenvalue weighted by Crippen LogP contribution is 2.30. The number of benzene rings is 1. The van der Waals surface area contributed by atoms with Crippen molar-refractivity contribution in [3.8, 4) is 0 Å². The SMILES string of the molecule is CN(C)Cc1ccnc([C@@H]2CCCN2C(=O)Cc2ccc(F)cc2)n1. The van der Waals surface area contributed by atoms with Crippen LogP contribution in [0.25, 0.3) is 0 Å². The standard InChI is InChI=1S/C19H23FN4O/c1-23(2)13-16-9-10-21-19(22-16)17-4-3-11-24(17)18(25)12-14-5-7-15(20)8-6-14/h5-10,17H,3-4,11-13H2,1-2H3/t17-/m0/s1. The number of hydrogen-bond donors (Lipinski definition) is 0. The number of carbonyl (C=O) groups excluding carboxylic acids is 1. The summed E-state index contributed by atoms with van der Waals surface area (Å²) >= 11 is 0. The fourth-order valence-corrected chi connectivity index (χ4v) is 3.20. The molecule has 5 nitrogen and oxygen atoms in total. The zero-order valence-corrected chi connectivity index (χ0v) is 14.7. The minimum atomic E-state index is -0.290. The Labute approximate surface area is 147 Å². The molecule has 1 aliphatic rings. The van der Waals surface area contributed by atoms with Crippen LogP contribution < -0.4 is 0 Å². The van der Waals surface area contributed by atoms with Gasteiger partial charge in [0.05, 0.1) is 18.2 Å². The van der Waals surface area contributed by atoms with Crippen LogP contribution in [0.1, 0.15) is 36.0 Å². The molecule has 1 aliphatic heterocycles. The van der Waals surface area contributed by atoms with Gasteiger partial charge in [-0.05, 0) is 50.7 Å². The average molecular weight is 342 g/mol. The van der Waals surface area contributed by atoms with Gasteiger partial charge in [0, 0.05) is 19.3 Å². The predicted molar refractivity (Wildman–Crippen MR) is 93.2 cm³/mol. The second-order valence-electron chi connectivity index (χ2n) is 6.69. The molecule has 1 saturated heterocycles. The summed E-state index contributed by atoms with van der Waals surface area (Å²) in [5, 5.41) is 0. The van der Waals surface area contributed by atoms with Crippen LogP contribution in [-0.4, -0.2) is 46.3 Å². The van der Waals surface area contributed by atoms with E-state index in [0.717, 1.165) is 30.6 Å². The molecule has 3 rings (SSSR count). The van der Waals surface area contributed by atoms with Crippen LogP contribution in [0.3, 0.4) is 0 Å². The molecule has 6 heteroatoms. The third-order valence-corrected chi connectivity index (χ3v) is 4.35. The molecule has 1 aromatic carbocycles. The van der Waals surface area contributed by atoms with E-state index in [1.54, 1.807) is 18.3 Å². The van der Waals surface area contributed by atoms with Crippen molar-refractivity contribution in [1.82, 2.24) is 19.8 Å². The van der Waals surface area contributed by atoms with E-state index in [1.807, 2.05) is 25.1 Å². The van der Waals surface area contributed by atoms with Crippen molar-refractivity contribution >= 4 is 5.91 Å². The van der Waals surface area contributed by atoms with Gasteiger partial charge in [0.25, 0.3) is 0 Å². The Balaban J connectivity index is 1.73. The summed E-state index contributed by atoms with van der Waals surface area (Å²) in [4.78, 5) is 25.7. The second-order valence-corrected chi connectivity index (χ2v) is 6.69. The molecule has 2 aromatic rings. The monoisotopic (exact) mass is 342 g/mol. The molecule has 132 valence electrons. The Morgan fingerprint density at radius 1 is 1.28 bits per heavy atom. The van der Waals surface area contributed by atoms with Gasteiger partial charge in [0.1, 0.15) is 5.82 Å². The van der Waals surface area contributed by atoms with Crippen molar-refractivity contribution in [2.24, 2.45) is 0 Å². The summed E-state index contributed by atoms with van der Waals surface area (Å²) in [6.07, 6.45) is 3.86. The van der Waals surface area contributed by atoms with Gasteiger partial charge in [-0.3, -0.25) is 4.79 Å². The maximum absolute atomic E-state index is 13.0. The molecule has 1 aromatic heterocycles. The Hall–Kier alpha value is -2.34. The van der Waals surface area contributed by atoms with E-state index in [9.17, 15) is 9.18 Å². The van der Waals surface area contributed by atoms with E-state index in [2.05, 4.69) is 14.9 Å². The molecule has 2 heterocycles. The minimum Gasteiger partial charge on any atom is -0.332 e. The number of carbonyl (C=O) groups is 1. The Morgan fingerprint density at radius 2 is 2.04 bits per heavy atom. The first-order chi connectivity index (χ1) is 12.0. The van der Waals surface area contributed by atoms with Crippen molar-refractivity contribution in [3.05, 3.63) is 59.4 Å². The van der Waals surface area contributed by atoms with Crippen LogP contribution in [0.5, 0.6) is 0 Å². The lowest BCUT2D eigenvalue weighted by Gasteiger charge is -2.24. The lowest BCUT2D eigenvalue weighted by Crippen LogP contribution is -2.32. The summed E-state index contributed by atoms with van der Waals surface area (Å²) in [5.74, 6) is 0.460. The molecule has 1 amide bonds. The molecule has 0 radical (unpaired) electrons. The maximum atomic E-state index is 13.0. The molecule has 0 saturated carbocycles. The molecule has 1 atom stereocenters. The Bertz CT molecular complexity index is 732. The second kappa shape index (κ2) is 7.70. The van der Waals surface area contributed by atoms with E-state index in [0.29, 0.717) is 12.4 Å². The summed E-state index contributed by atoms with van der Waals surface area (Å²) < 4.78 is 13.0. The van der Waals surface area contributed by atoms with Gasteiger partial charge in [0.2, 0.25) is 5.91 Å². The largest absolute Gasteiger partial charge is 0.332 e. The van der Waals surface area contributed by atoms with E-state index in [-0.39, 0.29) is 24.2 Å². The third kappa shape index (κ3) is 4.39. The summed E-state index contributed by atoms with van der Waals surface area (Å²) in [6.45, 7) is 1.46. The van der Waals surface area contributed by atoms with Crippen LogP contribution in [0.2, 0.25) is 0 Å². The first kappa shape index (κ1) is 17.5. The zero-order valence-electron chi connectivity index (χ0n) is 14.7. The molecule has 0 spiro atoms. The molecule has 0 N–H and O–H groups in total. The van der Waals surface area contributed by atoms with Gasteiger partial charge >= 0.3 is 0 Å². The normalized spacial score (nSPS) is 17.3. The average Bonchev–Trinajstić information content (AvgIpc) is 3.06. The van der Waals surface area contributed by atoms with E-state index in [4.69, 9.17) is 0 Å². The first-order valence-corrected chi connectivity index (χ1v) is 8.53. The lowest BCUT2D eigenvalue weighted by atomic mass is 10.1. The van der Waals surface area contributed by atoms with Crippen LogP contribution in [0.4, 0.5) is 4.39 Å². The fourth-order valence-electron chi connectivity index (χ4n) is 3.20. The van der Waals surface area contributed by atoms with Gasteiger partial charge in [-0.25, -0.2) is 14.4 Å². The number of amides is 1. The van der Waals surface area contributed by atoms with Crippen molar-refractivity contribution in [1.29, 1.82) is 0 Å². The first-order valence-electron chi connectivity index (χ1n) is 8.53. The highest BCUT2D eigenvalue weighted by molar-refractivity contribution is 5.79. The molecule has 0 unspecified atom stereocenters. The predicted octanol–water partition coefficient (Wildman–Crippen LogP) is 2.58. The highest BCUT2D eigenvalue weighted by atomic mass is 19.1. The molecular weight excluding hydrogens is 319 g/mol. The molecule has 0 bridgehead atoms. The van der Waals surface area contributed by atoms with Crippen LogP contribution in [0, 0.1) is 5.82 Å². The third-order valence-electron chi connectivity index (χ3n) is 4.35. The number of rotatable bonds is 5. The Morgan fingerprint density at radius 3 is 2.76 bits per heavy atom. The van der Waals surface area contributed by atoms with E-state index in [1.165, 1.54) is 12.1 Å². The topological polar surface area (TPSA) is 49.3 Å². The van der Waals surface area contributed by atoms with Crippen molar-refractivity contribution in [2.75, 3.05) is 20.6 Å². The van der Waals surface area contributed by atoms with Crippen molar-refractivity contribution < 1.29 is 9.18 Å². The van der Waals surface area contributed by atoms with Crippen LogP contribution in [0.15, 0.2) is 36.5 Å². The summed E-state index contributed by atoms with van der Waals surface area (Å²) in [7, 11) is 3.99. The summed E-state index contributed by atoms with van der Waals surface area (Å²) in [6, 6.07) is 7.92. The highest BCUT2D eigenvalue weighted by Gasteiger charge is 2.31. The number of hydrogen-bond acceptors (Lipinski definition) is 4. The number of likely N-dealkylation sites (tertiary alicyclic amines) is 1. The number of nitrogens with zero attached hydrogens (tertiary/aromatic N) is 4. The quantitative estimate of drug-likeness (QED) is 0.838. The van der Waals surface area contributed by atoms with Crippen LogP contribution >= 0.6 is 0 Å². The van der Waals surface area contributed by atoms with Crippen LogP contribution in [-0.2, 0) is 17.8 Å².